The molecule has 10 heterocycles. The van der Waals surface area contributed by atoms with Crippen molar-refractivity contribution in [2.24, 2.45) is 0 Å². The molecule has 23 nitrogen and oxygen atoms in total. The van der Waals surface area contributed by atoms with Gasteiger partial charge in [0, 0.05) is 129 Å². The first-order valence-electron chi connectivity index (χ1n) is 30.8. The normalized spacial score (nSPS) is 12.1. The van der Waals surface area contributed by atoms with Crippen molar-refractivity contribution in [3.63, 3.8) is 0 Å². The SMILES string of the molecule is C1CCNC1.Cc1cc(=O)[nH]c2ccc(N)cc12.Cc1cc(=O)[nH]c2ccc(NC(=O)c3cccnc3Br)cc12.Cc1cc(=O)[nH]c2ccc(NC(=O)c3cccnc3Br)cc12.Cc1cc(=O)[nH]c2ccc(NC(=O)c3cccnc3N3CCCC3)cc12.O=C(O)c1cccnc1Br. The molecular weight excluding hydrogens is 1440 g/mol. The van der Waals surface area contributed by atoms with Crippen molar-refractivity contribution < 1.29 is 24.3 Å². The van der Waals surface area contributed by atoms with Gasteiger partial charge in [0.2, 0.25) is 22.2 Å². The van der Waals surface area contributed by atoms with Crippen molar-refractivity contribution in [2.75, 3.05) is 52.8 Å². The van der Waals surface area contributed by atoms with E-state index in [1.165, 1.54) is 50.3 Å². The summed E-state index contributed by atoms with van der Waals surface area (Å²) in [5.74, 6) is -0.909. The number of amides is 3. The number of carbonyl (C=O) groups excluding carboxylic acids is 3. The van der Waals surface area contributed by atoms with E-state index in [4.69, 9.17) is 10.8 Å². The molecule has 2 fully saturated rings. The number of aryl methyl sites for hydroxylation is 4. The van der Waals surface area contributed by atoms with Crippen LogP contribution in [0.4, 0.5) is 28.6 Å². The molecule has 4 aromatic carbocycles. The summed E-state index contributed by atoms with van der Waals surface area (Å²) in [6.07, 6.45) is 11.5. The number of aromatic nitrogens is 8. The summed E-state index contributed by atoms with van der Waals surface area (Å²) in [5, 5.41) is 24.0. The number of aromatic carboxylic acids is 1. The number of aromatic amines is 4. The van der Waals surface area contributed by atoms with E-state index in [2.05, 4.69) is 114 Å². The van der Waals surface area contributed by atoms with Gasteiger partial charge in [0.1, 0.15) is 19.6 Å². The molecule has 0 saturated carbocycles. The maximum Gasteiger partial charge on any atom is 0.338 e. The molecule has 3 amide bonds. The molecule has 12 aromatic rings. The van der Waals surface area contributed by atoms with E-state index in [0.717, 1.165) is 97.6 Å². The van der Waals surface area contributed by atoms with Crippen LogP contribution in [0.5, 0.6) is 0 Å². The van der Waals surface area contributed by atoms with Crippen LogP contribution < -0.4 is 54.1 Å². The highest BCUT2D eigenvalue weighted by Crippen LogP contribution is 2.27. The Morgan fingerprint density at radius 3 is 1.09 bits per heavy atom. The number of fused-ring (bicyclic) bond motifs is 4. The van der Waals surface area contributed by atoms with Gasteiger partial charge in [-0.25, -0.2) is 24.7 Å². The van der Waals surface area contributed by atoms with Crippen molar-refractivity contribution in [1.82, 2.24) is 45.2 Å². The average Bonchev–Trinajstić information content (AvgIpc) is 0.898. The Kier molecular flexibility index (Phi) is 24.6. The topological polar surface area (TPSA) is 349 Å². The van der Waals surface area contributed by atoms with Crippen LogP contribution in [0, 0.1) is 27.7 Å². The van der Waals surface area contributed by atoms with Gasteiger partial charge in [-0.1, -0.05) is 0 Å². The number of hydrogen-bond acceptors (Lipinski definition) is 15. The molecule has 0 spiro atoms. The van der Waals surface area contributed by atoms with Gasteiger partial charge in [0.25, 0.3) is 17.7 Å². The zero-order valence-electron chi connectivity index (χ0n) is 53.5. The molecule has 2 aliphatic rings. The third kappa shape index (κ3) is 19.2. The monoisotopic (exact) mass is 1510 g/mol. The lowest BCUT2D eigenvalue weighted by molar-refractivity contribution is 0.0694. The fourth-order valence-electron chi connectivity index (χ4n) is 10.6. The van der Waals surface area contributed by atoms with Crippen LogP contribution >= 0.6 is 47.8 Å². The number of pyridine rings is 8. The number of halogens is 3. The summed E-state index contributed by atoms with van der Waals surface area (Å²) in [5.41, 5.74) is 16.2. The largest absolute Gasteiger partial charge is 0.478 e. The lowest BCUT2D eigenvalue weighted by atomic mass is 10.1. The number of rotatable bonds is 8. The summed E-state index contributed by atoms with van der Waals surface area (Å²) in [4.78, 5) is 123. The molecule has 0 atom stereocenters. The predicted octanol–water partition coefficient (Wildman–Crippen LogP) is 12.9. The highest BCUT2D eigenvalue weighted by molar-refractivity contribution is 9.11. The summed E-state index contributed by atoms with van der Waals surface area (Å²) >= 11 is 9.52. The van der Waals surface area contributed by atoms with E-state index < -0.39 is 5.97 Å². The van der Waals surface area contributed by atoms with Crippen LogP contribution in [0.1, 0.15) is 89.4 Å². The van der Waals surface area contributed by atoms with E-state index in [1.54, 1.807) is 110 Å². The predicted molar refractivity (Wildman–Crippen MR) is 396 cm³/mol. The van der Waals surface area contributed by atoms with Crippen LogP contribution in [0.25, 0.3) is 43.6 Å². The van der Waals surface area contributed by atoms with Gasteiger partial charge in [0.05, 0.1) is 22.3 Å². The Balaban J connectivity index is 0.000000145. The smallest absolute Gasteiger partial charge is 0.338 e. The van der Waals surface area contributed by atoms with Gasteiger partial charge in [-0.05, 0) is 258 Å². The van der Waals surface area contributed by atoms with Gasteiger partial charge >= 0.3 is 5.97 Å². The average molecular weight is 1510 g/mol. The minimum Gasteiger partial charge on any atom is -0.478 e. The van der Waals surface area contributed by atoms with E-state index in [1.807, 2.05) is 64.1 Å². The quantitative estimate of drug-likeness (QED) is 0.0499. The van der Waals surface area contributed by atoms with Gasteiger partial charge in [-0.3, -0.25) is 33.6 Å². The molecule has 2 aliphatic heterocycles. The lowest BCUT2D eigenvalue weighted by Gasteiger charge is -2.19. The summed E-state index contributed by atoms with van der Waals surface area (Å²) in [7, 11) is 0. The molecule has 0 aliphatic carbocycles. The van der Waals surface area contributed by atoms with E-state index in [9.17, 15) is 38.4 Å². The number of nitrogens with one attached hydrogen (secondary N) is 8. The standard InChI is InChI=1S/C20H20N4O2.2C16H12BrN3O2.C10H10N2O.C6H4BrNO2.C4H9N/c1-13-11-18(25)23-17-7-6-14(12-16(13)17)22-20(26)15-5-4-8-21-19(15)24-9-2-3-10-24;2*1-9-7-14(21)20-13-5-4-10(8-12(9)13)19-16(22)11-3-2-6-18-15(11)17;1-6-4-10(13)12-9-3-2-7(11)5-8(6)9;7-5-4(6(9)10)2-1-3-8-5;1-2-4-5-3-1/h4-8,11-12H,2-3,9-10H2,1H3,(H,22,26)(H,23,25);2*2-8H,1H3,(H,19,22)(H,20,21);2-5H,11H2,1H3,(H,12,13);1-3H,(H,9,10);5H,1-4H2. The number of hydrogen-bond donors (Lipinski definition) is 10. The second kappa shape index (κ2) is 33.7. The zero-order valence-corrected chi connectivity index (χ0v) is 58.2. The van der Waals surface area contributed by atoms with E-state index in [-0.39, 0.29) is 45.5 Å². The van der Waals surface area contributed by atoms with E-state index >= 15 is 0 Å². The van der Waals surface area contributed by atoms with Crippen molar-refractivity contribution in [1.29, 1.82) is 0 Å². The van der Waals surface area contributed by atoms with Crippen LogP contribution in [0.3, 0.4) is 0 Å². The Bertz CT molecular complexity index is 5020. The molecule has 11 N–H and O–H groups in total. The minimum atomic E-state index is -0.972. The first-order valence-corrected chi connectivity index (χ1v) is 33.2. The fraction of sp³-hybridized carbons (Fsp3) is 0.167. The van der Waals surface area contributed by atoms with Gasteiger partial charge in [0.15, 0.2) is 0 Å². The molecule has 26 heteroatoms. The summed E-state index contributed by atoms with van der Waals surface area (Å²) < 4.78 is 1.35. The number of carboxylic acids is 1. The molecule has 14 rings (SSSR count). The van der Waals surface area contributed by atoms with Crippen LogP contribution in [-0.4, -0.2) is 94.8 Å². The Hall–Kier alpha value is -10.8. The molecule has 8 aromatic heterocycles. The van der Waals surface area contributed by atoms with Crippen LogP contribution in [0.2, 0.25) is 0 Å². The van der Waals surface area contributed by atoms with Crippen LogP contribution in [-0.2, 0) is 0 Å². The van der Waals surface area contributed by atoms with Crippen molar-refractivity contribution in [3.8, 4) is 0 Å². The first kappa shape index (κ1) is 71.5. The van der Waals surface area contributed by atoms with Crippen molar-refractivity contribution in [2.45, 2.75) is 53.4 Å². The number of benzene rings is 4. The van der Waals surface area contributed by atoms with Crippen molar-refractivity contribution in [3.05, 3.63) is 270 Å². The second-order valence-corrected chi connectivity index (χ2v) is 24.8. The number of carbonyl (C=O) groups is 4. The molecule has 0 bridgehead atoms. The number of nitrogens with two attached hydrogens (primary N) is 1. The van der Waals surface area contributed by atoms with E-state index in [0.29, 0.717) is 53.2 Å². The highest BCUT2D eigenvalue weighted by Gasteiger charge is 2.21. The lowest BCUT2D eigenvalue weighted by Crippen LogP contribution is -2.24. The fourth-order valence-corrected chi connectivity index (χ4v) is 11.9. The number of anilines is 5. The molecule has 98 heavy (non-hydrogen) atoms. The van der Waals surface area contributed by atoms with Crippen LogP contribution in [0.15, 0.2) is 203 Å². The van der Waals surface area contributed by atoms with Gasteiger partial charge < -0.3 is 56.9 Å². The molecule has 2 saturated heterocycles. The zero-order chi connectivity index (χ0) is 70.0. The second-order valence-electron chi connectivity index (χ2n) is 22.6. The summed E-state index contributed by atoms with van der Waals surface area (Å²) in [6.45, 7) is 11.9. The molecule has 0 radical (unpaired) electrons. The first-order chi connectivity index (χ1) is 47.1. The third-order valence-corrected chi connectivity index (χ3v) is 17.3. The third-order valence-electron chi connectivity index (χ3n) is 15.4. The number of carboxylic acid groups (broad SMARTS) is 1. The highest BCUT2D eigenvalue weighted by atomic mass is 79.9. The minimum absolute atomic E-state index is 0.0743. The van der Waals surface area contributed by atoms with Crippen molar-refractivity contribution >= 4 is 144 Å². The number of H-pyrrole nitrogens is 4. The maximum absolute atomic E-state index is 12.8. The Morgan fingerprint density at radius 2 is 0.755 bits per heavy atom. The Labute approximate surface area is 585 Å². The molecule has 500 valence electrons. The molecule has 0 unspecified atom stereocenters. The Morgan fingerprint density at radius 1 is 0.429 bits per heavy atom. The maximum atomic E-state index is 12.8. The summed E-state index contributed by atoms with van der Waals surface area (Å²) in [6, 6.07) is 41.3. The number of nitrogens with zero attached hydrogens (tertiary/aromatic N) is 5. The van der Waals surface area contributed by atoms with Gasteiger partial charge in [-0.2, -0.15) is 0 Å². The molecular formula is C72H67Br3N14O9. The number of nitrogen functional groups attached to an aromatic ring is 1. The van der Waals surface area contributed by atoms with Gasteiger partial charge in [-0.15, -0.1) is 0 Å².